The third-order valence-corrected chi connectivity index (χ3v) is 5.14. The van der Waals surface area contributed by atoms with E-state index < -0.39 is 0 Å². The number of halogens is 1. The van der Waals surface area contributed by atoms with Crippen LogP contribution >= 0.6 is 11.6 Å². The SMILES string of the molecule is COc1cc(C(=O)Nc2ccc(Cl)c(-c3ncc(-c4ccccc4)[nH]3)c2)ccc1C. The second kappa shape index (κ2) is 8.43. The molecule has 0 aliphatic rings. The van der Waals surface area contributed by atoms with E-state index in [1.54, 1.807) is 43.6 Å². The summed E-state index contributed by atoms with van der Waals surface area (Å²) in [4.78, 5) is 20.5. The van der Waals surface area contributed by atoms with Crippen LogP contribution in [0.5, 0.6) is 5.75 Å². The van der Waals surface area contributed by atoms with Gasteiger partial charge in [-0.25, -0.2) is 4.98 Å². The molecule has 30 heavy (non-hydrogen) atoms. The maximum absolute atomic E-state index is 12.7. The summed E-state index contributed by atoms with van der Waals surface area (Å²) in [6.45, 7) is 1.93. The summed E-state index contributed by atoms with van der Waals surface area (Å²) in [5.74, 6) is 1.07. The summed E-state index contributed by atoms with van der Waals surface area (Å²) < 4.78 is 5.31. The van der Waals surface area contributed by atoms with Gasteiger partial charge in [-0.05, 0) is 48.4 Å². The van der Waals surface area contributed by atoms with Crippen LogP contribution < -0.4 is 10.1 Å². The molecule has 4 rings (SSSR count). The molecule has 1 aromatic heterocycles. The number of aromatic nitrogens is 2. The van der Waals surface area contributed by atoms with Crippen LogP contribution in [-0.2, 0) is 0 Å². The number of amides is 1. The molecule has 1 heterocycles. The number of nitrogens with one attached hydrogen (secondary N) is 2. The molecule has 3 aromatic carbocycles. The Hall–Kier alpha value is -3.57. The van der Waals surface area contributed by atoms with Crippen molar-refractivity contribution < 1.29 is 9.53 Å². The third-order valence-electron chi connectivity index (χ3n) is 4.81. The number of nitrogens with zero attached hydrogens (tertiary/aromatic N) is 1. The van der Waals surface area contributed by atoms with Crippen molar-refractivity contribution in [3.8, 4) is 28.4 Å². The largest absolute Gasteiger partial charge is 0.496 e. The van der Waals surface area contributed by atoms with E-state index in [1.165, 1.54) is 0 Å². The second-order valence-electron chi connectivity index (χ2n) is 6.84. The molecule has 0 aliphatic heterocycles. The Kier molecular flexibility index (Phi) is 5.55. The molecule has 2 N–H and O–H groups in total. The highest BCUT2D eigenvalue weighted by Gasteiger charge is 2.13. The van der Waals surface area contributed by atoms with Crippen molar-refractivity contribution in [2.45, 2.75) is 6.92 Å². The van der Waals surface area contributed by atoms with E-state index in [1.807, 2.05) is 43.3 Å². The van der Waals surface area contributed by atoms with Gasteiger partial charge in [0.15, 0.2) is 0 Å². The predicted octanol–water partition coefficient (Wildman–Crippen LogP) is 5.97. The van der Waals surface area contributed by atoms with Gasteiger partial charge in [-0.2, -0.15) is 0 Å². The Morgan fingerprint density at radius 2 is 1.87 bits per heavy atom. The minimum absolute atomic E-state index is 0.231. The van der Waals surface area contributed by atoms with Gasteiger partial charge in [0.25, 0.3) is 5.91 Å². The predicted molar refractivity (Wildman–Crippen MR) is 120 cm³/mol. The zero-order chi connectivity index (χ0) is 21.1. The molecule has 0 bridgehead atoms. The Balaban J connectivity index is 1.60. The van der Waals surface area contributed by atoms with Gasteiger partial charge < -0.3 is 15.0 Å². The Bertz CT molecular complexity index is 1200. The van der Waals surface area contributed by atoms with Crippen molar-refractivity contribution in [2.75, 3.05) is 12.4 Å². The zero-order valence-corrected chi connectivity index (χ0v) is 17.3. The first kappa shape index (κ1) is 19.7. The highest BCUT2D eigenvalue weighted by atomic mass is 35.5. The monoisotopic (exact) mass is 417 g/mol. The minimum atomic E-state index is -0.231. The molecule has 6 heteroatoms. The average molecular weight is 418 g/mol. The molecule has 4 aromatic rings. The number of imidazole rings is 1. The quantitative estimate of drug-likeness (QED) is 0.420. The Morgan fingerprint density at radius 3 is 2.63 bits per heavy atom. The molecule has 1 amide bonds. The summed E-state index contributed by atoms with van der Waals surface area (Å²) >= 11 is 6.41. The smallest absolute Gasteiger partial charge is 0.255 e. The molecule has 0 unspecified atom stereocenters. The van der Waals surface area contributed by atoms with Crippen LogP contribution in [0, 0.1) is 6.92 Å². The summed E-state index contributed by atoms with van der Waals surface area (Å²) in [6, 6.07) is 20.6. The van der Waals surface area contributed by atoms with E-state index in [4.69, 9.17) is 16.3 Å². The third kappa shape index (κ3) is 4.07. The van der Waals surface area contributed by atoms with E-state index in [9.17, 15) is 4.79 Å². The van der Waals surface area contributed by atoms with E-state index in [2.05, 4.69) is 15.3 Å². The average Bonchev–Trinajstić information content (AvgIpc) is 3.26. The van der Waals surface area contributed by atoms with Crippen molar-refractivity contribution in [2.24, 2.45) is 0 Å². The fourth-order valence-electron chi connectivity index (χ4n) is 3.17. The maximum Gasteiger partial charge on any atom is 0.255 e. The lowest BCUT2D eigenvalue weighted by atomic mass is 10.1. The topological polar surface area (TPSA) is 67.0 Å². The fourth-order valence-corrected chi connectivity index (χ4v) is 3.38. The molecule has 150 valence electrons. The summed E-state index contributed by atoms with van der Waals surface area (Å²) in [5.41, 5.74) is 4.73. The number of H-pyrrole nitrogens is 1. The number of benzene rings is 3. The highest BCUT2D eigenvalue weighted by molar-refractivity contribution is 6.33. The number of aromatic amines is 1. The lowest BCUT2D eigenvalue weighted by Gasteiger charge is -2.10. The van der Waals surface area contributed by atoms with Crippen molar-refractivity contribution in [3.63, 3.8) is 0 Å². The van der Waals surface area contributed by atoms with E-state index >= 15 is 0 Å². The number of anilines is 1. The Labute approximate surface area is 179 Å². The number of methoxy groups -OCH3 is 1. The van der Waals surface area contributed by atoms with E-state index in [0.29, 0.717) is 33.4 Å². The molecule has 0 radical (unpaired) electrons. The van der Waals surface area contributed by atoms with Gasteiger partial charge in [-0.3, -0.25) is 4.79 Å². The van der Waals surface area contributed by atoms with Crippen molar-refractivity contribution in [1.29, 1.82) is 0 Å². The van der Waals surface area contributed by atoms with Crippen molar-refractivity contribution in [1.82, 2.24) is 9.97 Å². The van der Waals surface area contributed by atoms with Crippen LogP contribution in [0.3, 0.4) is 0 Å². The van der Waals surface area contributed by atoms with Crippen molar-refractivity contribution in [3.05, 3.63) is 89.1 Å². The molecule has 0 fully saturated rings. The van der Waals surface area contributed by atoms with E-state index in [-0.39, 0.29) is 5.91 Å². The van der Waals surface area contributed by atoms with E-state index in [0.717, 1.165) is 16.8 Å². The van der Waals surface area contributed by atoms with Crippen LogP contribution in [-0.4, -0.2) is 23.0 Å². The van der Waals surface area contributed by atoms with Crippen LogP contribution in [0.4, 0.5) is 5.69 Å². The number of ether oxygens (including phenoxy) is 1. The van der Waals surface area contributed by atoms with Gasteiger partial charge in [-0.15, -0.1) is 0 Å². The fraction of sp³-hybridized carbons (Fsp3) is 0.0833. The molecular formula is C24H20ClN3O2. The first-order valence-corrected chi connectivity index (χ1v) is 9.79. The molecule has 0 atom stereocenters. The maximum atomic E-state index is 12.7. The number of carbonyl (C=O) groups is 1. The summed E-state index contributed by atoms with van der Waals surface area (Å²) in [5, 5.41) is 3.45. The zero-order valence-electron chi connectivity index (χ0n) is 16.6. The molecule has 0 saturated carbocycles. The number of hydrogen-bond acceptors (Lipinski definition) is 3. The Morgan fingerprint density at radius 1 is 1.07 bits per heavy atom. The number of aryl methyl sites for hydroxylation is 1. The second-order valence-corrected chi connectivity index (χ2v) is 7.25. The van der Waals surface area contributed by atoms with Gasteiger partial charge in [0.05, 0.1) is 24.0 Å². The molecule has 0 spiro atoms. The van der Waals surface area contributed by atoms with Gasteiger partial charge in [-0.1, -0.05) is 48.0 Å². The molecular weight excluding hydrogens is 398 g/mol. The number of hydrogen-bond donors (Lipinski definition) is 2. The van der Waals surface area contributed by atoms with Gasteiger partial charge >= 0.3 is 0 Å². The number of rotatable bonds is 5. The minimum Gasteiger partial charge on any atom is -0.496 e. The van der Waals surface area contributed by atoms with Crippen LogP contribution in [0.25, 0.3) is 22.6 Å². The first-order chi connectivity index (χ1) is 14.5. The molecule has 0 aliphatic carbocycles. The van der Waals surface area contributed by atoms with Gasteiger partial charge in [0.1, 0.15) is 11.6 Å². The van der Waals surface area contributed by atoms with Crippen LogP contribution in [0.2, 0.25) is 5.02 Å². The number of carbonyl (C=O) groups excluding carboxylic acids is 1. The van der Waals surface area contributed by atoms with Crippen LogP contribution in [0.15, 0.2) is 72.9 Å². The molecule has 5 nitrogen and oxygen atoms in total. The lowest BCUT2D eigenvalue weighted by molar-refractivity contribution is 0.102. The first-order valence-electron chi connectivity index (χ1n) is 9.41. The van der Waals surface area contributed by atoms with Gasteiger partial charge in [0.2, 0.25) is 0 Å². The van der Waals surface area contributed by atoms with Gasteiger partial charge in [0, 0.05) is 16.8 Å². The van der Waals surface area contributed by atoms with Crippen molar-refractivity contribution >= 4 is 23.2 Å². The standard InChI is InChI=1S/C24H20ClN3O2/c1-15-8-9-17(12-22(15)30-2)24(29)27-18-10-11-20(25)19(13-18)23-26-14-21(28-23)16-6-4-3-5-7-16/h3-14H,1-2H3,(H,26,28)(H,27,29). The summed E-state index contributed by atoms with van der Waals surface area (Å²) in [7, 11) is 1.59. The summed E-state index contributed by atoms with van der Waals surface area (Å²) in [6.07, 6.45) is 1.77. The van der Waals surface area contributed by atoms with Crippen LogP contribution in [0.1, 0.15) is 15.9 Å². The normalized spacial score (nSPS) is 10.6. The lowest BCUT2D eigenvalue weighted by Crippen LogP contribution is -2.12. The molecule has 0 saturated heterocycles. The highest BCUT2D eigenvalue weighted by Crippen LogP contribution is 2.30.